The van der Waals surface area contributed by atoms with Gasteiger partial charge in [0.1, 0.15) is 17.5 Å². The molecule has 0 amide bonds. The Morgan fingerprint density at radius 1 is 1.18 bits per heavy atom. The van der Waals surface area contributed by atoms with E-state index in [1.165, 1.54) is 12.8 Å². The number of tetrazole rings is 1. The van der Waals surface area contributed by atoms with Crippen LogP contribution < -0.4 is 4.74 Å². The molecular weight excluding hydrogens is 384 g/mol. The Hall–Kier alpha value is -2.62. The molecule has 0 aliphatic carbocycles. The van der Waals surface area contributed by atoms with Gasteiger partial charge < -0.3 is 14.9 Å². The second kappa shape index (κ2) is 11.3. The smallest absolute Gasteiger partial charge is 0.325 e. The van der Waals surface area contributed by atoms with Crippen molar-refractivity contribution in [3.8, 4) is 5.75 Å². The van der Waals surface area contributed by atoms with E-state index in [2.05, 4.69) is 22.4 Å². The van der Waals surface area contributed by atoms with Crippen molar-refractivity contribution in [2.24, 2.45) is 0 Å². The first-order chi connectivity index (χ1) is 13.5. The van der Waals surface area contributed by atoms with Crippen molar-refractivity contribution in [1.29, 1.82) is 0 Å². The molecule has 0 fully saturated rings. The third kappa shape index (κ3) is 6.52. The number of thioether (sulfide) groups is 1. The lowest BCUT2D eigenvalue weighted by atomic mass is 10.1. The van der Waals surface area contributed by atoms with Crippen LogP contribution in [0.25, 0.3) is 0 Å². The van der Waals surface area contributed by atoms with E-state index >= 15 is 0 Å². The van der Waals surface area contributed by atoms with Gasteiger partial charge in [-0.3, -0.25) is 9.59 Å². The van der Waals surface area contributed by atoms with Crippen LogP contribution in [0.1, 0.15) is 49.8 Å². The molecule has 0 aliphatic rings. The SMILES string of the molecule is CCCCCCCOc1ccccc1C(Sc1nnnn1CC(=O)O)C(=O)O. The fourth-order valence-corrected chi connectivity index (χ4v) is 3.52. The Balaban J connectivity index is 2.10. The summed E-state index contributed by atoms with van der Waals surface area (Å²) in [4.78, 5) is 22.8. The number of hydrogen-bond acceptors (Lipinski definition) is 7. The lowest BCUT2D eigenvalue weighted by Crippen LogP contribution is -2.14. The zero-order chi connectivity index (χ0) is 20.4. The molecule has 10 heteroatoms. The van der Waals surface area contributed by atoms with Crippen LogP contribution in [0, 0.1) is 0 Å². The summed E-state index contributed by atoms with van der Waals surface area (Å²) < 4.78 is 6.89. The maximum absolute atomic E-state index is 11.9. The summed E-state index contributed by atoms with van der Waals surface area (Å²) in [6.07, 6.45) is 5.48. The molecule has 9 nitrogen and oxygen atoms in total. The molecule has 28 heavy (non-hydrogen) atoms. The molecule has 1 atom stereocenters. The molecule has 2 rings (SSSR count). The minimum Gasteiger partial charge on any atom is -0.493 e. The van der Waals surface area contributed by atoms with E-state index in [0.29, 0.717) is 17.9 Å². The van der Waals surface area contributed by atoms with Gasteiger partial charge in [-0.25, -0.2) is 4.68 Å². The molecule has 2 N–H and O–H groups in total. The van der Waals surface area contributed by atoms with Crippen molar-refractivity contribution in [3.05, 3.63) is 29.8 Å². The summed E-state index contributed by atoms with van der Waals surface area (Å²) in [5.74, 6) is -1.71. The molecule has 0 aliphatic heterocycles. The van der Waals surface area contributed by atoms with Crippen LogP contribution in [0.4, 0.5) is 0 Å². The van der Waals surface area contributed by atoms with Gasteiger partial charge in [0.25, 0.3) is 0 Å². The van der Waals surface area contributed by atoms with Crippen LogP contribution in [-0.4, -0.2) is 49.0 Å². The van der Waals surface area contributed by atoms with E-state index in [-0.39, 0.29) is 5.16 Å². The first-order valence-corrected chi connectivity index (χ1v) is 10.00. The Bertz CT molecular complexity index is 783. The largest absolute Gasteiger partial charge is 0.493 e. The monoisotopic (exact) mass is 408 g/mol. The average molecular weight is 408 g/mol. The highest BCUT2D eigenvalue weighted by molar-refractivity contribution is 8.00. The van der Waals surface area contributed by atoms with Gasteiger partial charge in [0, 0.05) is 5.56 Å². The number of ether oxygens (including phenoxy) is 1. The molecule has 0 saturated heterocycles. The van der Waals surface area contributed by atoms with Gasteiger partial charge >= 0.3 is 11.9 Å². The molecule has 0 bridgehead atoms. The summed E-state index contributed by atoms with van der Waals surface area (Å²) in [6, 6.07) is 6.94. The van der Waals surface area contributed by atoms with Crippen molar-refractivity contribution < 1.29 is 24.5 Å². The molecule has 2 aromatic rings. The number of rotatable bonds is 13. The number of aliphatic carboxylic acids is 2. The Kier molecular flexibility index (Phi) is 8.73. The highest BCUT2D eigenvalue weighted by Crippen LogP contribution is 2.38. The van der Waals surface area contributed by atoms with E-state index in [0.717, 1.165) is 35.7 Å². The molecular formula is C18H24N4O5S. The highest BCUT2D eigenvalue weighted by Gasteiger charge is 2.27. The number of carboxylic acid groups (broad SMARTS) is 2. The third-order valence-corrected chi connectivity index (χ3v) is 5.13. The molecule has 1 aromatic heterocycles. The Morgan fingerprint density at radius 3 is 2.64 bits per heavy atom. The van der Waals surface area contributed by atoms with E-state index in [4.69, 9.17) is 9.84 Å². The molecule has 152 valence electrons. The zero-order valence-corrected chi connectivity index (χ0v) is 16.5. The van der Waals surface area contributed by atoms with E-state index in [9.17, 15) is 14.7 Å². The predicted octanol–water partition coefficient (Wildman–Crippen LogP) is 3.02. The fraction of sp³-hybridized carbons (Fsp3) is 0.500. The number of carboxylic acids is 2. The van der Waals surface area contributed by atoms with Crippen LogP contribution in [0.15, 0.2) is 29.4 Å². The number of aromatic nitrogens is 4. The molecule has 0 saturated carbocycles. The van der Waals surface area contributed by atoms with Crippen LogP contribution in [-0.2, 0) is 16.1 Å². The summed E-state index contributed by atoms with van der Waals surface area (Å²) in [5.41, 5.74) is 0.485. The second-order valence-corrected chi connectivity index (χ2v) is 7.22. The number of hydrogen-bond donors (Lipinski definition) is 2. The van der Waals surface area contributed by atoms with Crippen LogP contribution >= 0.6 is 11.8 Å². The number of unbranched alkanes of at least 4 members (excludes halogenated alkanes) is 4. The molecule has 0 spiro atoms. The van der Waals surface area contributed by atoms with Crippen molar-refractivity contribution in [1.82, 2.24) is 20.2 Å². The van der Waals surface area contributed by atoms with Crippen molar-refractivity contribution in [3.63, 3.8) is 0 Å². The highest BCUT2D eigenvalue weighted by atomic mass is 32.2. The first kappa shape index (κ1) is 21.7. The number of carbonyl (C=O) groups is 2. The minimum atomic E-state index is -1.12. The topological polar surface area (TPSA) is 127 Å². The van der Waals surface area contributed by atoms with Gasteiger partial charge in [0.2, 0.25) is 5.16 Å². The number of benzene rings is 1. The van der Waals surface area contributed by atoms with Crippen LogP contribution in [0.5, 0.6) is 5.75 Å². The quantitative estimate of drug-likeness (QED) is 0.379. The first-order valence-electron chi connectivity index (χ1n) is 9.12. The van der Waals surface area contributed by atoms with Gasteiger partial charge in [-0.2, -0.15) is 0 Å². The van der Waals surface area contributed by atoms with Gasteiger partial charge in [-0.15, -0.1) is 5.10 Å². The van der Waals surface area contributed by atoms with E-state index < -0.39 is 23.7 Å². The summed E-state index contributed by atoms with van der Waals surface area (Å²) in [7, 11) is 0. The summed E-state index contributed by atoms with van der Waals surface area (Å²) in [6.45, 7) is 2.22. The molecule has 1 aromatic carbocycles. The summed E-state index contributed by atoms with van der Waals surface area (Å²) >= 11 is 0.874. The van der Waals surface area contributed by atoms with Gasteiger partial charge in [-0.05, 0) is 22.9 Å². The normalized spacial score (nSPS) is 11.9. The summed E-state index contributed by atoms with van der Waals surface area (Å²) in [5, 5.41) is 28.5. The maximum Gasteiger partial charge on any atom is 0.325 e. The van der Waals surface area contributed by atoms with Crippen molar-refractivity contribution in [2.45, 2.75) is 56.0 Å². The fourth-order valence-electron chi connectivity index (χ4n) is 2.58. The third-order valence-electron chi connectivity index (χ3n) is 3.94. The van der Waals surface area contributed by atoms with Crippen molar-refractivity contribution in [2.75, 3.05) is 6.61 Å². The molecule has 0 radical (unpaired) electrons. The maximum atomic E-state index is 11.9. The lowest BCUT2D eigenvalue weighted by Gasteiger charge is -2.16. The lowest BCUT2D eigenvalue weighted by molar-refractivity contribution is -0.138. The van der Waals surface area contributed by atoms with Gasteiger partial charge in [-0.1, -0.05) is 62.6 Å². The molecule has 1 unspecified atom stereocenters. The van der Waals surface area contributed by atoms with Crippen molar-refractivity contribution >= 4 is 23.7 Å². The second-order valence-electron chi connectivity index (χ2n) is 6.15. The average Bonchev–Trinajstić information content (AvgIpc) is 3.09. The Labute approximate surface area is 167 Å². The predicted molar refractivity (Wildman–Crippen MR) is 102 cm³/mol. The van der Waals surface area contributed by atoms with Gasteiger partial charge in [0.15, 0.2) is 0 Å². The standard InChI is InChI=1S/C18H24N4O5S/c1-2-3-4-5-8-11-27-14-10-7-6-9-13(14)16(17(25)26)28-18-19-20-21-22(18)12-15(23)24/h6-7,9-10,16H,2-5,8,11-12H2,1H3,(H,23,24)(H,25,26). The van der Waals surface area contributed by atoms with Crippen LogP contribution in [0.2, 0.25) is 0 Å². The van der Waals surface area contributed by atoms with E-state index in [1.807, 2.05) is 0 Å². The molecule has 1 heterocycles. The zero-order valence-electron chi connectivity index (χ0n) is 15.7. The number of nitrogens with zero attached hydrogens (tertiary/aromatic N) is 4. The van der Waals surface area contributed by atoms with E-state index in [1.54, 1.807) is 24.3 Å². The minimum absolute atomic E-state index is 0.115. The Morgan fingerprint density at radius 2 is 1.93 bits per heavy atom. The number of para-hydroxylation sites is 1. The van der Waals surface area contributed by atoms with Gasteiger partial charge in [0.05, 0.1) is 6.61 Å². The van der Waals surface area contributed by atoms with Crippen LogP contribution in [0.3, 0.4) is 0 Å².